The molecule has 216 valence electrons. The minimum atomic E-state index is 0.251. The van der Waals surface area contributed by atoms with E-state index in [0.717, 1.165) is 12.8 Å². The van der Waals surface area contributed by atoms with Crippen molar-refractivity contribution in [1.82, 2.24) is 0 Å². The van der Waals surface area contributed by atoms with Crippen LogP contribution in [0, 0.1) is 0 Å². The van der Waals surface area contributed by atoms with Gasteiger partial charge in [0.25, 0.3) is 0 Å². The van der Waals surface area contributed by atoms with E-state index in [-0.39, 0.29) is 6.04 Å². The van der Waals surface area contributed by atoms with Crippen LogP contribution in [0.15, 0.2) is 145 Å². The fraction of sp³-hybridized carbons (Fsp3) is 0.143. The highest BCUT2D eigenvalue weighted by Gasteiger charge is 2.28. The van der Waals surface area contributed by atoms with Gasteiger partial charge >= 0.3 is 0 Å². The van der Waals surface area contributed by atoms with Crippen LogP contribution in [0.4, 0.5) is 22.7 Å². The lowest BCUT2D eigenvalue weighted by Crippen LogP contribution is -2.32. The molecule has 8 rings (SSSR count). The summed E-state index contributed by atoms with van der Waals surface area (Å²) in [6.45, 7) is 4.00. The Morgan fingerprint density at radius 2 is 1.14 bits per heavy atom. The molecule has 0 bridgehead atoms. The first kappa shape index (κ1) is 27.7. The third-order valence-corrected chi connectivity index (χ3v) is 8.85. The molecule has 0 aromatic heterocycles. The Morgan fingerprint density at radius 1 is 0.568 bits per heavy atom. The molecule has 4 aromatic carbocycles. The Balaban J connectivity index is 0.00000153. The molecule has 0 saturated heterocycles. The van der Waals surface area contributed by atoms with Crippen LogP contribution in [0.25, 0.3) is 23.8 Å². The minimum Gasteiger partial charge on any atom is -0.333 e. The Kier molecular flexibility index (Phi) is 7.73. The van der Waals surface area contributed by atoms with Gasteiger partial charge in [-0.25, -0.2) is 0 Å². The number of hydrogen-bond donors (Lipinski definition) is 0. The van der Waals surface area contributed by atoms with Gasteiger partial charge in [0.2, 0.25) is 0 Å². The highest BCUT2D eigenvalue weighted by atomic mass is 15.2. The second kappa shape index (κ2) is 12.3. The lowest BCUT2D eigenvalue weighted by atomic mass is 9.94. The summed E-state index contributed by atoms with van der Waals surface area (Å²) in [5.74, 6) is 0. The van der Waals surface area contributed by atoms with Crippen molar-refractivity contribution in [3.05, 3.63) is 167 Å². The van der Waals surface area contributed by atoms with Crippen LogP contribution in [-0.2, 0) is 0 Å². The van der Waals surface area contributed by atoms with Gasteiger partial charge in [-0.3, -0.25) is 0 Å². The highest BCUT2D eigenvalue weighted by molar-refractivity contribution is 5.90. The zero-order chi connectivity index (χ0) is 29.9. The molecule has 0 saturated carbocycles. The molecule has 2 aliphatic heterocycles. The summed E-state index contributed by atoms with van der Waals surface area (Å²) in [5.41, 5.74) is 12.7. The Labute approximate surface area is 262 Å². The maximum atomic E-state index is 2.51. The molecule has 2 unspecified atom stereocenters. The summed E-state index contributed by atoms with van der Waals surface area (Å²) in [6, 6.07) is 35.9. The van der Waals surface area contributed by atoms with Crippen LogP contribution in [0.3, 0.4) is 0 Å². The average Bonchev–Trinajstić information content (AvgIpc) is 3.38. The molecule has 0 radical (unpaired) electrons. The summed E-state index contributed by atoms with van der Waals surface area (Å²) in [6.07, 6.45) is 24.8. The van der Waals surface area contributed by atoms with Crippen LogP contribution in [-0.4, -0.2) is 12.1 Å². The molecule has 2 heterocycles. The molecule has 2 heteroatoms. The van der Waals surface area contributed by atoms with E-state index < -0.39 is 0 Å². The topological polar surface area (TPSA) is 6.48 Å². The third-order valence-electron chi connectivity index (χ3n) is 8.85. The van der Waals surface area contributed by atoms with E-state index in [9.17, 15) is 0 Å². The second-order valence-electron chi connectivity index (χ2n) is 11.3. The Hall–Kier alpha value is -5.08. The van der Waals surface area contributed by atoms with Crippen molar-refractivity contribution >= 4 is 46.6 Å². The fourth-order valence-corrected chi connectivity index (χ4v) is 6.77. The predicted octanol–water partition coefficient (Wildman–Crippen LogP) is 11.2. The van der Waals surface area contributed by atoms with E-state index in [4.69, 9.17) is 0 Å². The van der Waals surface area contributed by atoms with Crippen molar-refractivity contribution in [2.45, 2.75) is 38.8 Å². The smallest absolute Gasteiger partial charge is 0.0626 e. The number of benzene rings is 4. The standard InChI is InChI=1S/C40H32N2.C2H6/c1-5-13-37-31(9-1)17-18-32-10-2-6-14-38(32)41(37)35-25-21-29(22-26-35)30-23-27-36(28-24-30)42-39-15-7-3-11-33(39)19-20-34-12-4-8-16-40(34)42;1-2/h1-15,17-25,27-28,35,40H,16,26H2;1-2H3. The van der Waals surface area contributed by atoms with E-state index in [1.165, 1.54) is 56.1 Å². The van der Waals surface area contributed by atoms with Crippen molar-refractivity contribution in [3.63, 3.8) is 0 Å². The minimum absolute atomic E-state index is 0.251. The Bertz CT molecular complexity index is 1800. The summed E-state index contributed by atoms with van der Waals surface area (Å²) < 4.78 is 0. The Morgan fingerprint density at radius 3 is 1.73 bits per heavy atom. The molecular formula is C42H38N2. The van der Waals surface area contributed by atoms with E-state index in [0.29, 0.717) is 6.04 Å². The van der Waals surface area contributed by atoms with Crippen molar-refractivity contribution in [2.75, 3.05) is 9.80 Å². The molecule has 2 atom stereocenters. The number of para-hydroxylation sites is 3. The van der Waals surface area contributed by atoms with Gasteiger partial charge in [-0.15, -0.1) is 0 Å². The number of allylic oxidation sites excluding steroid dienone is 4. The van der Waals surface area contributed by atoms with Crippen LogP contribution < -0.4 is 9.80 Å². The van der Waals surface area contributed by atoms with Gasteiger partial charge in [0, 0.05) is 22.7 Å². The summed E-state index contributed by atoms with van der Waals surface area (Å²) in [7, 11) is 0. The van der Waals surface area contributed by atoms with Crippen molar-refractivity contribution in [1.29, 1.82) is 0 Å². The van der Waals surface area contributed by atoms with Crippen molar-refractivity contribution in [3.8, 4) is 0 Å². The molecule has 4 aliphatic rings. The molecule has 0 fully saturated rings. The zero-order valence-corrected chi connectivity index (χ0v) is 25.5. The first-order valence-corrected chi connectivity index (χ1v) is 15.9. The summed E-state index contributed by atoms with van der Waals surface area (Å²) >= 11 is 0. The van der Waals surface area contributed by atoms with Crippen LogP contribution in [0.1, 0.15) is 48.9 Å². The van der Waals surface area contributed by atoms with Crippen molar-refractivity contribution in [2.24, 2.45) is 0 Å². The molecule has 0 spiro atoms. The first-order chi connectivity index (χ1) is 21.8. The summed E-state index contributed by atoms with van der Waals surface area (Å²) in [5, 5.41) is 0. The zero-order valence-electron chi connectivity index (χ0n) is 25.5. The SMILES string of the molecule is C1=CCC2C(=C1)C=Cc1ccccc1N2c1ccc(C2=CCC(N3c4ccccc4C=Cc4ccccc43)C=C2)cc1.CC. The van der Waals surface area contributed by atoms with Gasteiger partial charge in [-0.05, 0) is 76.6 Å². The number of rotatable bonds is 3. The maximum Gasteiger partial charge on any atom is 0.0626 e. The second-order valence-corrected chi connectivity index (χ2v) is 11.3. The summed E-state index contributed by atoms with van der Waals surface area (Å²) in [4.78, 5) is 5.02. The average molecular weight is 571 g/mol. The normalized spacial score (nSPS) is 19.2. The maximum absolute atomic E-state index is 2.51. The van der Waals surface area contributed by atoms with Gasteiger partial charge in [-0.1, -0.05) is 141 Å². The number of hydrogen-bond acceptors (Lipinski definition) is 2. The van der Waals surface area contributed by atoms with Crippen LogP contribution in [0.5, 0.6) is 0 Å². The quantitative estimate of drug-likeness (QED) is 0.242. The number of anilines is 4. The van der Waals surface area contributed by atoms with Crippen molar-refractivity contribution < 1.29 is 0 Å². The largest absolute Gasteiger partial charge is 0.333 e. The van der Waals surface area contributed by atoms with Gasteiger partial charge in [0.1, 0.15) is 0 Å². The lowest BCUT2D eigenvalue weighted by Gasteiger charge is -2.35. The first-order valence-electron chi connectivity index (χ1n) is 15.9. The molecule has 2 nitrogen and oxygen atoms in total. The van der Waals surface area contributed by atoms with Crippen LogP contribution in [0.2, 0.25) is 0 Å². The molecule has 2 aliphatic carbocycles. The third kappa shape index (κ3) is 5.07. The predicted molar refractivity (Wildman–Crippen MR) is 191 cm³/mol. The number of nitrogens with zero attached hydrogens (tertiary/aromatic N) is 2. The van der Waals surface area contributed by atoms with Gasteiger partial charge in [0.05, 0.1) is 12.1 Å². The molecule has 0 N–H and O–H groups in total. The molecule has 4 aromatic rings. The van der Waals surface area contributed by atoms with E-state index >= 15 is 0 Å². The van der Waals surface area contributed by atoms with Gasteiger partial charge < -0.3 is 9.80 Å². The lowest BCUT2D eigenvalue weighted by molar-refractivity contribution is 0.760. The molecule has 0 amide bonds. The van der Waals surface area contributed by atoms with Crippen LogP contribution >= 0.6 is 0 Å². The van der Waals surface area contributed by atoms with Gasteiger partial charge in [-0.2, -0.15) is 0 Å². The van der Waals surface area contributed by atoms with E-state index in [1.54, 1.807) is 0 Å². The van der Waals surface area contributed by atoms with Gasteiger partial charge in [0.15, 0.2) is 0 Å². The number of fused-ring (bicyclic) bond motifs is 4. The molecule has 44 heavy (non-hydrogen) atoms. The molecular weight excluding hydrogens is 532 g/mol. The fourth-order valence-electron chi connectivity index (χ4n) is 6.77. The van der Waals surface area contributed by atoms with E-state index in [2.05, 4.69) is 168 Å². The monoisotopic (exact) mass is 570 g/mol. The highest BCUT2D eigenvalue weighted by Crippen LogP contribution is 2.42. The van der Waals surface area contributed by atoms with E-state index in [1.807, 2.05) is 13.8 Å².